The highest BCUT2D eigenvalue weighted by Gasteiger charge is 2.13. The fourth-order valence-corrected chi connectivity index (χ4v) is 2.22. The first-order chi connectivity index (χ1) is 11.5. The van der Waals surface area contributed by atoms with Gasteiger partial charge in [-0.25, -0.2) is 8.78 Å². The molecule has 0 spiro atoms. The number of benzene rings is 2. The predicted molar refractivity (Wildman–Crippen MR) is 89.3 cm³/mol. The molecule has 0 saturated carbocycles. The highest BCUT2D eigenvalue weighted by molar-refractivity contribution is 5.91. The minimum Gasteiger partial charge on any atom is -0.487 e. The fourth-order valence-electron chi connectivity index (χ4n) is 2.22. The smallest absolute Gasteiger partial charge is 0.272 e. The number of nitrogens with two attached hydrogens (primary N) is 1. The van der Waals surface area contributed by atoms with Crippen molar-refractivity contribution in [2.24, 2.45) is 5.73 Å². The van der Waals surface area contributed by atoms with E-state index in [-0.39, 0.29) is 12.3 Å². The van der Waals surface area contributed by atoms with E-state index in [0.717, 1.165) is 11.1 Å². The number of alkyl halides is 2. The molecule has 0 aromatic heterocycles. The van der Waals surface area contributed by atoms with Crippen LogP contribution in [0.15, 0.2) is 48.5 Å². The highest BCUT2D eigenvalue weighted by Crippen LogP contribution is 2.24. The van der Waals surface area contributed by atoms with Crippen LogP contribution in [0, 0.1) is 6.92 Å². The molecule has 4 nitrogen and oxygen atoms in total. The number of hydrogen-bond acceptors (Lipinski definition) is 3. The van der Waals surface area contributed by atoms with Gasteiger partial charge in [0.2, 0.25) is 5.91 Å². The third kappa shape index (κ3) is 5.31. The van der Waals surface area contributed by atoms with E-state index in [9.17, 15) is 13.6 Å². The van der Waals surface area contributed by atoms with Crippen LogP contribution in [0.2, 0.25) is 0 Å². The molecule has 0 radical (unpaired) electrons. The van der Waals surface area contributed by atoms with Gasteiger partial charge in [-0.3, -0.25) is 4.79 Å². The van der Waals surface area contributed by atoms with E-state index in [1.165, 1.54) is 6.07 Å². The van der Waals surface area contributed by atoms with Crippen LogP contribution >= 0.6 is 0 Å². The highest BCUT2D eigenvalue weighted by atomic mass is 19.3. The molecule has 0 heterocycles. The summed E-state index contributed by atoms with van der Waals surface area (Å²) >= 11 is 0. The molecule has 0 fully saturated rings. The number of carbonyl (C=O) groups excluding carboxylic acids is 1. The van der Waals surface area contributed by atoms with Crippen molar-refractivity contribution in [2.45, 2.75) is 25.8 Å². The maximum atomic E-state index is 12.3. The monoisotopic (exact) mass is 334 g/mol. The van der Waals surface area contributed by atoms with Gasteiger partial charge in [-0.05, 0) is 24.1 Å². The topological polar surface area (TPSA) is 64.4 Å². The van der Waals surface area contributed by atoms with Crippen LogP contribution < -0.4 is 15.8 Å². The number of rotatable bonds is 7. The van der Waals surface area contributed by atoms with Crippen molar-refractivity contribution in [3.05, 3.63) is 59.7 Å². The number of hydrogen-bond donors (Lipinski definition) is 2. The molecule has 1 unspecified atom stereocenters. The fraction of sp³-hybridized carbons (Fsp3) is 0.278. The van der Waals surface area contributed by atoms with Crippen molar-refractivity contribution in [3.8, 4) is 5.75 Å². The second-order valence-corrected chi connectivity index (χ2v) is 5.45. The molecule has 1 atom stereocenters. The van der Waals surface area contributed by atoms with E-state index in [2.05, 4.69) is 5.32 Å². The Morgan fingerprint density at radius 3 is 2.58 bits per heavy atom. The summed E-state index contributed by atoms with van der Waals surface area (Å²) in [7, 11) is 0. The van der Waals surface area contributed by atoms with Crippen molar-refractivity contribution in [3.63, 3.8) is 0 Å². The molecule has 2 aromatic carbocycles. The van der Waals surface area contributed by atoms with Crippen LogP contribution in [0.25, 0.3) is 0 Å². The Bertz CT molecular complexity index is 678. The maximum Gasteiger partial charge on any atom is 0.272 e. The normalized spacial score (nSPS) is 12.0. The maximum absolute atomic E-state index is 12.3. The molecule has 0 aliphatic rings. The number of nitrogens with one attached hydrogen (secondary N) is 1. The summed E-state index contributed by atoms with van der Waals surface area (Å²) in [6.07, 6.45) is -2.43. The standard InChI is InChI=1S/C18H20F2N2O2/c1-12-7-8-14(9-16(12)24-11-17(19)20)22-18(23)10-15(21)13-5-3-2-4-6-13/h2-9,15,17H,10-11,21H2,1H3,(H,22,23). The van der Waals surface area contributed by atoms with Crippen molar-refractivity contribution >= 4 is 11.6 Å². The van der Waals surface area contributed by atoms with E-state index in [4.69, 9.17) is 10.5 Å². The van der Waals surface area contributed by atoms with Gasteiger partial charge in [0.05, 0.1) is 0 Å². The van der Waals surface area contributed by atoms with Crippen molar-refractivity contribution in [1.29, 1.82) is 0 Å². The molecule has 128 valence electrons. The number of carbonyl (C=O) groups is 1. The lowest BCUT2D eigenvalue weighted by atomic mass is 10.0. The number of amides is 1. The van der Waals surface area contributed by atoms with Gasteiger partial charge < -0.3 is 15.8 Å². The Balaban J connectivity index is 1.97. The van der Waals surface area contributed by atoms with E-state index < -0.39 is 19.1 Å². The molecule has 0 aliphatic heterocycles. The average Bonchev–Trinajstić information content (AvgIpc) is 2.56. The first-order valence-corrected chi connectivity index (χ1v) is 7.57. The van der Waals surface area contributed by atoms with E-state index in [1.807, 2.05) is 30.3 Å². The quantitative estimate of drug-likeness (QED) is 0.812. The number of halogens is 2. The van der Waals surface area contributed by atoms with Crippen LogP contribution in [-0.4, -0.2) is 18.9 Å². The van der Waals surface area contributed by atoms with Crippen LogP contribution in [0.4, 0.5) is 14.5 Å². The van der Waals surface area contributed by atoms with Gasteiger partial charge in [0.1, 0.15) is 12.4 Å². The zero-order valence-electron chi connectivity index (χ0n) is 13.3. The summed E-state index contributed by atoms with van der Waals surface area (Å²) in [5.74, 6) is 0.0653. The van der Waals surface area contributed by atoms with E-state index >= 15 is 0 Å². The molecule has 0 saturated heterocycles. The molecule has 1 amide bonds. The lowest BCUT2D eigenvalue weighted by Crippen LogP contribution is -2.20. The summed E-state index contributed by atoms with van der Waals surface area (Å²) in [6, 6.07) is 13.8. The second-order valence-electron chi connectivity index (χ2n) is 5.45. The lowest BCUT2D eigenvalue weighted by molar-refractivity contribution is -0.116. The van der Waals surface area contributed by atoms with Gasteiger partial charge in [-0.15, -0.1) is 0 Å². The summed E-state index contributed by atoms with van der Waals surface area (Å²) in [5.41, 5.74) is 8.09. The Morgan fingerprint density at radius 2 is 1.92 bits per heavy atom. The van der Waals surface area contributed by atoms with Crippen LogP contribution in [0.5, 0.6) is 5.75 Å². The Morgan fingerprint density at radius 1 is 1.21 bits per heavy atom. The number of anilines is 1. The van der Waals surface area contributed by atoms with Gasteiger partial charge in [0.15, 0.2) is 0 Å². The van der Waals surface area contributed by atoms with Gasteiger partial charge in [0, 0.05) is 24.2 Å². The van der Waals surface area contributed by atoms with Gasteiger partial charge in [0.25, 0.3) is 6.43 Å². The van der Waals surface area contributed by atoms with Crippen LogP contribution in [0.3, 0.4) is 0 Å². The number of aryl methyl sites for hydroxylation is 1. The zero-order chi connectivity index (χ0) is 17.5. The van der Waals surface area contributed by atoms with E-state index in [0.29, 0.717) is 11.4 Å². The molecular weight excluding hydrogens is 314 g/mol. The molecule has 2 rings (SSSR count). The Kier molecular flexibility index (Phi) is 6.26. The molecule has 3 N–H and O–H groups in total. The van der Waals surface area contributed by atoms with Gasteiger partial charge >= 0.3 is 0 Å². The SMILES string of the molecule is Cc1ccc(NC(=O)CC(N)c2ccccc2)cc1OCC(F)F. The molecular formula is C18H20F2N2O2. The van der Waals surface area contributed by atoms with Crippen molar-refractivity contribution < 1.29 is 18.3 Å². The largest absolute Gasteiger partial charge is 0.487 e. The lowest BCUT2D eigenvalue weighted by Gasteiger charge is -2.14. The van der Waals surface area contributed by atoms with E-state index in [1.54, 1.807) is 19.1 Å². The molecule has 0 bridgehead atoms. The predicted octanol–water partition coefficient (Wildman–Crippen LogP) is 3.67. The summed E-state index contributed by atoms with van der Waals surface area (Å²) < 4.78 is 29.6. The van der Waals surface area contributed by atoms with Gasteiger partial charge in [-0.2, -0.15) is 0 Å². The average molecular weight is 334 g/mol. The summed E-state index contributed by atoms with van der Waals surface area (Å²) in [4.78, 5) is 12.1. The molecule has 6 heteroatoms. The Hall–Kier alpha value is -2.47. The minimum absolute atomic E-state index is 0.116. The van der Waals surface area contributed by atoms with Crippen LogP contribution in [-0.2, 0) is 4.79 Å². The third-order valence-electron chi connectivity index (χ3n) is 3.47. The third-order valence-corrected chi connectivity index (χ3v) is 3.47. The number of ether oxygens (including phenoxy) is 1. The van der Waals surface area contributed by atoms with Gasteiger partial charge in [-0.1, -0.05) is 36.4 Å². The summed E-state index contributed by atoms with van der Waals surface area (Å²) in [5, 5.41) is 2.71. The Labute approximate surface area is 139 Å². The van der Waals surface area contributed by atoms with Crippen LogP contribution in [0.1, 0.15) is 23.6 Å². The molecule has 0 aliphatic carbocycles. The molecule has 2 aromatic rings. The van der Waals surface area contributed by atoms with Crippen molar-refractivity contribution in [1.82, 2.24) is 0 Å². The zero-order valence-corrected chi connectivity index (χ0v) is 13.3. The first-order valence-electron chi connectivity index (χ1n) is 7.57. The molecule has 24 heavy (non-hydrogen) atoms. The summed E-state index contributed by atoms with van der Waals surface area (Å²) in [6.45, 7) is 1.06. The second kappa shape index (κ2) is 8.40. The van der Waals surface area contributed by atoms with Crippen molar-refractivity contribution in [2.75, 3.05) is 11.9 Å². The minimum atomic E-state index is -2.55. The first kappa shape index (κ1) is 17.9.